The van der Waals surface area contributed by atoms with E-state index in [1.54, 1.807) is 12.3 Å². The van der Waals surface area contributed by atoms with Crippen molar-refractivity contribution in [1.29, 1.82) is 0 Å². The molecule has 0 bridgehead atoms. The van der Waals surface area contributed by atoms with Crippen LogP contribution >= 0.6 is 0 Å². The standard InChI is InChI=1S/C17H19N3O3/c21-13-8-11(9-13)14(10-12-4-1-2-6-18-12)20-17(23)16-15(22)5-3-7-19-16/h1-7,11,13-14,21-22H,8-10H2,(H,20,23)/t11?,13?,14-/m1/s1. The Balaban J connectivity index is 1.73. The van der Waals surface area contributed by atoms with Gasteiger partial charge < -0.3 is 15.5 Å². The molecular weight excluding hydrogens is 294 g/mol. The number of rotatable bonds is 5. The van der Waals surface area contributed by atoms with E-state index in [9.17, 15) is 15.0 Å². The first-order chi connectivity index (χ1) is 11.1. The lowest BCUT2D eigenvalue weighted by Gasteiger charge is -2.38. The van der Waals surface area contributed by atoms with Crippen molar-refractivity contribution in [3.63, 3.8) is 0 Å². The van der Waals surface area contributed by atoms with Crippen molar-refractivity contribution in [3.8, 4) is 5.75 Å². The summed E-state index contributed by atoms with van der Waals surface area (Å²) in [6.45, 7) is 0. The average molecular weight is 313 g/mol. The number of hydrogen-bond acceptors (Lipinski definition) is 5. The Bertz CT molecular complexity index is 672. The second-order valence-electron chi connectivity index (χ2n) is 5.86. The molecule has 6 nitrogen and oxygen atoms in total. The van der Waals surface area contributed by atoms with Gasteiger partial charge in [0.25, 0.3) is 5.91 Å². The molecule has 0 saturated heterocycles. The summed E-state index contributed by atoms with van der Waals surface area (Å²) >= 11 is 0. The topological polar surface area (TPSA) is 95.3 Å². The molecule has 1 amide bonds. The van der Waals surface area contributed by atoms with Crippen molar-refractivity contribution in [3.05, 3.63) is 54.1 Å². The molecule has 0 unspecified atom stereocenters. The van der Waals surface area contributed by atoms with E-state index in [1.807, 2.05) is 18.2 Å². The highest BCUT2D eigenvalue weighted by Crippen LogP contribution is 2.31. The number of nitrogens with zero attached hydrogens (tertiary/aromatic N) is 2. The number of aliphatic hydroxyl groups excluding tert-OH is 1. The Morgan fingerprint density at radius 1 is 1.22 bits per heavy atom. The summed E-state index contributed by atoms with van der Waals surface area (Å²) < 4.78 is 0. The molecule has 0 spiro atoms. The lowest BCUT2D eigenvalue weighted by Crippen LogP contribution is -2.48. The predicted molar refractivity (Wildman–Crippen MR) is 83.8 cm³/mol. The van der Waals surface area contributed by atoms with Gasteiger partial charge in [0.05, 0.1) is 6.10 Å². The van der Waals surface area contributed by atoms with Crippen LogP contribution in [0.3, 0.4) is 0 Å². The molecule has 2 aromatic rings. The van der Waals surface area contributed by atoms with E-state index in [0.717, 1.165) is 5.69 Å². The third kappa shape index (κ3) is 3.65. The highest BCUT2D eigenvalue weighted by Gasteiger charge is 2.35. The summed E-state index contributed by atoms with van der Waals surface area (Å²) in [5.41, 5.74) is 0.892. The molecule has 3 N–H and O–H groups in total. The van der Waals surface area contributed by atoms with Crippen molar-refractivity contribution in [2.75, 3.05) is 0 Å². The van der Waals surface area contributed by atoms with Crippen molar-refractivity contribution in [2.45, 2.75) is 31.4 Å². The maximum absolute atomic E-state index is 12.4. The largest absolute Gasteiger partial charge is 0.505 e. The van der Waals surface area contributed by atoms with Gasteiger partial charge in [0.1, 0.15) is 5.75 Å². The molecule has 2 heterocycles. The quantitative estimate of drug-likeness (QED) is 0.773. The normalized spacial score (nSPS) is 21.3. The molecule has 2 aromatic heterocycles. The van der Waals surface area contributed by atoms with Gasteiger partial charge in [0.2, 0.25) is 0 Å². The van der Waals surface area contributed by atoms with Crippen molar-refractivity contribution >= 4 is 5.91 Å². The van der Waals surface area contributed by atoms with Gasteiger partial charge in [-0.25, -0.2) is 4.98 Å². The monoisotopic (exact) mass is 313 g/mol. The minimum Gasteiger partial charge on any atom is -0.505 e. The van der Waals surface area contributed by atoms with Gasteiger partial charge >= 0.3 is 0 Å². The molecule has 0 radical (unpaired) electrons. The van der Waals surface area contributed by atoms with Crippen LogP contribution in [0.25, 0.3) is 0 Å². The zero-order valence-corrected chi connectivity index (χ0v) is 12.6. The van der Waals surface area contributed by atoms with E-state index in [2.05, 4.69) is 15.3 Å². The molecule has 120 valence electrons. The molecule has 0 aromatic carbocycles. The van der Waals surface area contributed by atoms with E-state index in [0.29, 0.717) is 19.3 Å². The van der Waals surface area contributed by atoms with Crippen molar-refractivity contribution in [2.24, 2.45) is 5.92 Å². The first kappa shape index (κ1) is 15.4. The summed E-state index contributed by atoms with van der Waals surface area (Å²) in [5.74, 6) is -0.359. The highest BCUT2D eigenvalue weighted by atomic mass is 16.3. The number of carbonyl (C=O) groups is 1. The fourth-order valence-corrected chi connectivity index (χ4v) is 2.85. The Morgan fingerprint density at radius 2 is 2.00 bits per heavy atom. The smallest absolute Gasteiger partial charge is 0.273 e. The van der Waals surface area contributed by atoms with E-state index in [1.165, 1.54) is 12.3 Å². The summed E-state index contributed by atoms with van der Waals surface area (Å²) in [6.07, 6.45) is 4.78. The number of amides is 1. The first-order valence-corrected chi connectivity index (χ1v) is 7.66. The van der Waals surface area contributed by atoms with Crippen LogP contribution in [-0.4, -0.2) is 38.2 Å². The molecule has 1 saturated carbocycles. The van der Waals surface area contributed by atoms with Gasteiger partial charge in [0, 0.05) is 30.6 Å². The Labute approximate surface area is 134 Å². The summed E-state index contributed by atoms with van der Waals surface area (Å²) in [5, 5.41) is 22.2. The third-order valence-corrected chi connectivity index (χ3v) is 4.19. The summed E-state index contributed by atoms with van der Waals surface area (Å²) in [6, 6.07) is 8.51. The maximum atomic E-state index is 12.4. The highest BCUT2D eigenvalue weighted by molar-refractivity contribution is 5.94. The van der Waals surface area contributed by atoms with Gasteiger partial charge in [-0.3, -0.25) is 9.78 Å². The predicted octanol–water partition coefficient (Wildman–Crippen LogP) is 1.29. The minimum absolute atomic E-state index is 0.0124. The van der Waals surface area contributed by atoms with Crippen LogP contribution in [0.2, 0.25) is 0 Å². The second kappa shape index (κ2) is 6.75. The van der Waals surface area contributed by atoms with Crippen molar-refractivity contribution < 1.29 is 15.0 Å². The zero-order chi connectivity index (χ0) is 16.2. The van der Waals surface area contributed by atoms with Crippen LogP contribution in [-0.2, 0) is 6.42 Å². The lowest BCUT2D eigenvalue weighted by molar-refractivity contribution is 0.0237. The molecule has 23 heavy (non-hydrogen) atoms. The van der Waals surface area contributed by atoms with Gasteiger partial charge in [0.15, 0.2) is 5.69 Å². The minimum atomic E-state index is -0.412. The number of aromatic nitrogens is 2. The third-order valence-electron chi connectivity index (χ3n) is 4.19. The van der Waals surface area contributed by atoms with Crippen LogP contribution in [0, 0.1) is 5.92 Å². The average Bonchev–Trinajstić information content (AvgIpc) is 2.52. The van der Waals surface area contributed by atoms with Crippen LogP contribution in [0.15, 0.2) is 42.7 Å². The molecule has 0 aliphatic heterocycles. The van der Waals surface area contributed by atoms with Crippen LogP contribution < -0.4 is 5.32 Å². The molecule has 1 fully saturated rings. The number of hydrogen-bond donors (Lipinski definition) is 3. The van der Waals surface area contributed by atoms with Gasteiger partial charge in [-0.2, -0.15) is 0 Å². The van der Waals surface area contributed by atoms with Crippen molar-refractivity contribution in [1.82, 2.24) is 15.3 Å². The molecule has 1 aliphatic carbocycles. The Kier molecular flexibility index (Phi) is 4.52. The number of aliphatic hydroxyl groups is 1. The molecule has 1 aliphatic rings. The number of aromatic hydroxyl groups is 1. The maximum Gasteiger partial charge on any atom is 0.273 e. The summed E-state index contributed by atoms with van der Waals surface area (Å²) in [4.78, 5) is 20.6. The molecule has 6 heteroatoms. The summed E-state index contributed by atoms with van der Waals surface area (Å²) in [7, 11) is 0. The molecular formula is C17H19N3O3. The number of nitrogens with one attached hydrogen (secondary N) is 1. The number of carbonyl (C=O) groups excluding carboxylic acids is 1. The molecule has 3 rings (SSSR count). The van der Waals surface area contributed by atoms with Gasteiger partial charge in [-0.05, 0) is 43.0 Å². The Hall–Kier alpha value is -2.47. The van der Waals surface area contributed by atoms with Crippen LogP contribution in [0.1, 0.15) is 29.0 Å². The lowest BCUT2D eigenvalue weighted by atomic mass is 9.76. The SMILES string of the molecule is O=C(N[C@H](Cc1ccccn1)C1CC(O)C1)c1ncccc1O. The van der Waals surface area contributed by atoms with Gasteiger partial charge in [-0.15, -0.1) is 0 Å². The fourth-order valence-electron chi connectivity index (χ4n) is 2.85. The van der Waals surface area contributed by atoms with Crippen LogP contribution in [0.4, 0.5) is 0 Å². The molecule has 1 atom stereocenters. The second-order valence-corrected chi connectivity index (χ2v) is 5.86. The van der Waals surface area contributed by atoms with E-state index >= 15 is 0 Å². The zero-order valence-electron chi connectivity index (χ0n) is 12.6. The van der Waals surface area contributed by atoms with Crippen LogP contribution in [0.5, 0.6) is 5.75 Å². The van der Waals surface area contributed by atoms with Gasteiger partial charge in [-0.1, -0.05) is 6.07 Å². The van der Waals surface area contributed by atoms with E-state index < -0.39 is 5.91 Å². The Morgan fingerprint density at radius 3 is 2.65 bits per heavy atom. The fraction of sp³-hybridized carbons (Fsp3) is 0.353. The van der Waals surface area contributed by atoms with E-state index in [-0.39, 0.29) is 29.5 Å². The number of pyridine rings is 2. The van der Waals surface area contributed by atoms with E-state index in [4.69, 9.17) is 0 Å². The first-order valence-electron chi connectivity index (χ1n) is 7.66.